The minimum absolute atomic E-state index is 0.0608. The van der Waals surface area contributed by atoms with Crippen LogP contribution in [0.15, 0.2) is 24.4 Å². The van der Waals surface area contributed by atoms with E-state index < -0.39 is 24.5 Å². The second-order valence-corrected chi connectivity index (χ2v) is 6.71. The number of halogens is 3. The Hall–Kier alpha value is -2.58. The summed E-state index contributed by atoms with van der Waals surface area (Å²) in [4.78, 5) is 31.4. The number of aromatic nitrogens is 2. The van der Waals surface area contributed by atoms with E-state index in [1.807, 2.05) is 16.7 Å². The lowest BCUT2D eigenvalue weighted by Crippen LogP contribution is -2.54. The molecular weight excluding hydrogens is 349 g/mol. The van der Waals surface area contributed by atoms with Gasteiger partial charge in [-0.2, -0.15) is 13.2 Å². The fourth-order valence-corrected chi connectivity index (χ4v) is 3.26. The van der Waals surface area contributed by atoms with E-state index in [1.165, 1.54) is 4.90 Å². The van der Waals surface area contributed by atoms with Crippen LogP contribution in [0.1, 0.15) is 35.1 Å². The first kappa shape index (κ1) is 16.9. The number of carbonyl (C=O) groups excluding carboxylic acids is 2. The maximum Gasteiger partial charge on any atom is 0.406 e. The molecule has 1 saturated heterocycles. The third kappa shape index (κ3) is 3.13. The number of hydrogen-bond acceptors (Lipinski definition) is 3. The van der Waals surface area contributed by atoms with Crippen LogP contribution in [0.25, 0.3) is 5.52 Å². The van der Waals surface area contributed by atoms with Crippen molar-refractivity contribution in [3.63, 3.8) is 0 Å². The molecule has 0 atom stereocenters. The monoisotopic (exact) mass is 366 g/mol. The number of rotatable bonds is 3. The minimum Gasteiger partial charge on any atom is -0.330 e. The van der Waals surface area contributed by atoms with Gasteiger partial charge < -0.3 is 14.2 Å². The molecule has 2 aromatic heterocycles. The van der Waals surface area contributed by atoms with Crippen molar-refractivity contribution in [3.05, 3.63) is 35.9 Å². The van der Waals surface area contributed by atoms with Gasteiger partial charge in [0.2, 0.25) is 5.91 Å². The van der Waals surface area contributed by atoms with Crippen molar-refractivity contribution >= 4 is 17.3 Å². The summed E-state index contributed by atoms with van der Waals surface area (Å²) in [6, 6.07) is 5.44. The number of hydrogen-bond donors (Lipinski definition) is 0. The molecule has 2 aromatic rings. The second kappa shape index (κ2) is 6.00. The highest BCUT2D eigenvalue weighted by atomic mass is 19.4. The summed E-state index contributed by atoms with van der Waals surface area (Å²) < 4.78 is 39.4. The second-order valence-electron chi connectivity index (χ2n) is 6.71. The largest absolute Gasteiger partial charge is 0.406 e. The molecule has 4 rings (SSSR count). The Kier molecular flexibility index (Phi) is 3.89. The van der Waals surface area contributed by atoms with E-state index in [0.717, 1.165) is 23.6 Å². The summed E-state index contributed by atoms with van der Waals surface area (Å²) in [5, 5.41) is 0. The van der Waals surface area contributed by atoms with Crippen molar-refractivity contribution in [1.29, 1.82) is 0 Å². The highest BCUT2D eigenvalue weighted by molar-refractivity contribution is 6.01. The Bertz CT molecular complexity index is 873. The molecule has 138 valence electrons. The molecule has 0 unspecified atom stereocenters. The number of alkyl halides is 3. The average molecular weight is 366 g/mol. The van der Waals surface area contributed by atoms with Crippen LogP contribution in [-0.4, -0.2) is 63.4 Å². The lowest BCUT2D eigenvalue weighted by atomic mass is 10.2. The molecule has 0 N–H and O–H groups in total. The maximum absolute atomic E-state index is 12.9. The fraction of sp³-hybridized carbons (Fsp3) is 0.471. The number of pyridine rings is 1. The standard InChI is InChI=1S/C17H17F3N4O2/c18-17(19,20)10-23-8-7-22(9-13(23)25)16(26)14-12-3-1-2-6-24(12)15(21-14)11-4-5-11/h1-3,6,11H,4-5,7-10H2. The summed E-state index contributed by atoms with van der Waals surface area (Å²) in [7, 11) is 0. The van der Waals surface area contributed by atoms with Crippen LogP contribution in [-0.2, 0) is 4.79 Å². The van der Waals surface area contributed by atoms with Crippen molar-refractivity contribution in [2.75, 3.05) is 26.2 Å². The van der Waals surface area contributed by atoms with Gasteiger partial charge in [0, 0.05) is 25.2 Å². The lowest BCUT2D eigenvalue weighted by Gasteiger charge is -2.34. The molecular formula is C17H17F3N4O2. The highest BCUT2D eigenvalue weighted by Gasteiger charge is 2.37. The van der Waals surface area contributed by atoms with Crippen LogP contribution in [0.4, 0.5) is 13.2 Å². The number of fused-ring (bicyclic) bond motifs is 1. The molecule has 26 heavy (non-hydrogen) atoms. The van der Waals surface area contributed by atoms with E-state index in [2.05, 4.69) is 4.98 Å². The van der Waals surface area contributed by atoms with Gasteiger partial charge in [0.05, 0.1) is 5.52 Å². The van der Waals surface area contributed by atoms with Gasteiger partial charge in [0.1, 0.15) is 18.9 Å². The fourth-order valence-electron chi connectivity index (χ4n) is 3.26. The number of nitrogens with zero attached hydrogens (tertiary/aromatic N) is 4. The molecule has 0 bridgehead atoms. The van der Waals surface area contributed by atoms with Gasteiger partial charge in [-0.3, -0.25) is 9.59 Å². The Balaban J connectivity index is 1.56. The zero-order chi connectivity index (χ0) is 18.5. The van der Waals surface area contributed by atoms with Crippen molar-refractivity contribution in [1.82, 2.24) is 19.2 Å². The van der Waals surface area contributed by atoms with Gasteiger partial charge in [-0.25, -0.2) is 4.98 Å². The van der Waals surface area contributed by atoms with Crippen LogP contribution >= 0.6 is 0 Å². The average Bonchev–Trinajstić information content (AvgIpc) is 3.35. The zero-order valence-corrected chi connectivity index (χ0v) is 13.9. The quantitative estimate of drug-likeness (QED) is 0.836. The molecule has 2 amide bonds. The predicted octanol–water partition coefficient (Wildman–Crippen LogP) is 2.06. The predicted molar refractivity (Wildman–Crippen MR) is 85.7 cm³/mol. The molecule has 1 aliphatic carbocycles. The van der Waals surface area contributed by atoms with Gasteiger partial charge in [0.15, 0.2) is 5.69 Å². The van der Waals surface area contributed by atoms with E-state index in [9.17, 15) is 22.8 Å². The molecule has 1 aliphatic heterocycles. The van der Waals surface area contributed by atoms with Crippen molar-refractivity contribution in [3.8, 4) is 0 Å². The maximum atomic E-state index is 12.9. The number of carbonyl (C=O) groups is 2. The van der Waals surface area contributed by atoms with Gasteiger partial charge >= 0.3 is 6.18 Å². The summed E-state index contributed by atoms with van der Waals surface area (Å²) >= 11 is 0. The Morgan fingerprint density at radius 1 is 1.23 bits per heavy atom. The van der Waals surface area contributed by atoms with Gasteiger partial charge in [0.25, 0.3) is 5.91 Å². The molecule has 0 aromatic carbocycles. The molecule has 2 aliphatic rings. The first-order valence-electron chi connectivity index (χ1n) is 8.44. The van der Waals surface area contributed by atoms with Crippen LogP contribution in [0.2, 0.25) is 0 Å². The molecule has 3 heterocycles. The SMILES string of the molecule is O=C1CN(C(=O)c2nc(C3CC3)n3ccccc23)CCN1CC(F)(F)F. The molecule has 1 saturated carbocycles. The topological polar surface area (TPSA) is 57.9 Å². The summed E-state index contributed by atoms with van der Waals surface area (Å²) in [6.07, 6.45) is -0.549. The van der Waals surface area contributed by atoms with Crippen LogP contribution < -0.4 is 0 Å². The number of amides is 2. The summed E-state index contributed by atoms with van der Waals surface area (Å²) in [5.41, 5.74) is 0.911. The van der Waals surface area contributed by atoms with Gasteiger partial charge in [-0.05, 0) is 25.0 Å². The van der Waals surface area contributed by atoms with Crippen LogP contribution in [0.5, 0.6) is 0 Å². The molecule has 6 nitrogen and oxygen atoms in total. The third-order valence-electron chi connectivity index (χ3n) is 4.70. The molecule has 0 radical (unpaired) electrons. The van der Waals surface area contributed by atoms with E-state index in [1.54, 1.807) is 12.1 Å². The Labute approximate surface area is 147 Å². The van der Waals surface area contributed by atoms with E-state index in [4.69, 9.17) is 0 Å². The number of imidazole rings is 1. The van der Waals surface area contributed by atoms with Gasteiger partial charge in [-0.1, -0.05) is 6.07 Å². The Morgan fingerprint density at radius 3 is 2.65 bits per heavy atom. The Morgan fingerprint density at radius 2 is 2.00 bits per heavy atom. The van der Waals surface area contributed by atoms with Crippen molar-refractivity contribution < 1.29 is 22.8 Å². The van der Waals surface area contributed by atoms with Crippen LogP contribution in [0, 0.1) is 0 Å². The summed E-state index contributed by atoms with van der Waals surface area (Å²) in [5.74, 6) is 0.0381. The lowest BCUT2D eigenvalue weighted by molar-refractivity contribution is -0.164. The van der Waals surface area contributed by atoms with E-state index >= 15 is 0 Å². The van der Waals surface area contributed by atoms with Crippen molar-refractivity contribution in [2.24, 2.45) is 0 Å². The first-order chi connectivity index (χ1) is 12.3. The molecule has 2 fully saturated rings. The first-order valence-corrected chi connectivity index (χ1v) is 8.44. The zero-order valence-electron chi connectivity index (χ0n) is 13.9. The highest BCUT2D eigenvalue weighted by Crippen LogP contribution is 2.40. The number of piperazine rings is 1. The molecule has 9 heteroatoms. The van der Waals surface area contributed by atoms with Crippen molar-refractivity contribution in [2.45, 2.75) is 24.9 Å². The summed E-state index contributed by atoms with van der Waals surface area (Å²) in [6.45, 7) is -1.72. The molecule has 0 spiro atoms. The normalized spacial score (nSPS) is 18.7. The van der Waals surface area contributed by atoms with Gasteiger partial charge in [-0.15, -0.1) is 0 Å². The third-order valence-corrected chi connectivity index (χ3v) is 4.70. The minimum atomic E-state index is -4.44. The van der Waals surface area contributed by atoms with Crippen LogP contribution in [0.3, 0.4) is 0 Å². The van der Waals surface area contributed by atoms with E-state index in [0.29, 0.717) is 11.4 Å². The smallest absolute Gasteiger partial charge is 0.330 e. The van der Waals surface area contributed by atoms with E-state index in [-0.39, 0.29) is 25.3 Å².